The van der Waals surface area contributed by atoms with E-state index >= 15 is 0 Å². The summed E-state index contributed by atoms with van der Waals surface area (Å²) >= 11 is 0. The van der Waals surface area contributed by atoms with Crippen molar-refractivity contribution in [1.82, 2.24) is 4.57 Å². The molecule has 2 heteroatoms. The van der Waals surface area contributed by atoms with E-state index in [9.17, 15) is 0 Å². The average Bonchev–Trinajstić information content (AvgIpc) is 3.57. The van der Waals surface area contributed by atoms with Crippen molar-refractivity contribution < 1.29 is 0 Å². The van der Waals surface area contributed by atoms with Crippen LogP contribution in [0, 0.1) is 20.8 Å². The fourth-order valence-electron chi connectivity index (χ4n) is 8.06. The van der Waals surface area contributed by atoms with Gasteiger partial charge in [-0.05, 0) is 127 Å². The zero-order valence-electron chi connectivity index (χ0n) is 29.3. The zero-order chi connectivity index (χ0) is 34.1. The zero-order valence-corrected chi connectivity index (χ0v) is 29.3. The molecule has 0 radical (unpaired) electrons. The summed E-state index contributed by atoms with van der Waals surface area (Å²) in [6.07, 6.45) is 0. The van der Waals surface area contributed by atoms with Crippen molar-refractivity contribution in [1.29, 1.82) is 0 Å². The highest BCUT2D eigenvalue weighted by Gasteiger charge is 2.35. The first-order valence-corrected chi connectivity index (χ1v) is 17.6. The standard InChI is InChI=1S/C48H40N2/c1-31-10-18-36(19-11-31)49(37-22-15-34(16-23-37)35-17-25-41-40-8-6-7-9-44(40)48(4,5)45(41)29-35)39-24-27-47-43(30-39)42-28-33(3)14-26-46(42)50(47)38-20-12-32(2)13-21-38/h6-30H,1-5H3. The van der Waals surface area contributed by atoms with Gasteiger partial charge in [0.05, 0.1) is 11.0 Å². The Kier molecular flexibility index (Phi) is 6.86. The molecule has 8 aromatic rings. The van der Waals surface area contributed by atoms with Crippen LogP contribution in [-0.4, -0.2) is 4.57 Å². The molecule has 9 rings (SSSR count). The molecule has 0 saturated heterocycles. The molecule has 1 aliphatic rings. The molecule has 1 aliphatic carbocycles. The molecule has 0 amide bonds. The highest BCUT2D eigenvalue weighted by atomic mass is 15.1. The Labute approximate surface area is 294 Å². The second-order valence-electron chi connectivity index (χ2n) is 14.5. The van der Waals surface area contributed by atoms with Gasteiger partial charge < -0.3 is 9.47 Å². The summed E-state index contributed by atoms with van der Waals surface area (Å²) in [5, 5.41) is 2.51. The Hall–Kier alpha value is -5.86. The van der Waals surface area contributed by atoms with E-state index < -0.39 is 0 Å². The van der Waals surface area contributed by atoms with Crippen molar-refractivity contribution in [3.05, 3.63) is 179 Å². The molecule has 0 saturated carbocycles. The van der Waals surface area contributed by atoms with Gasteiger partial charge in [0.2, 0.25) is 0 Å². The Bertz CT molecular complexity index is 2570. The molecule has 0 atom stereocenters. The molecular weight excluding hydrogens is 605 g/mol. The van der Waals surface area contributed by atoms with Crippen LogP contribution in [0.25, 0.3) is 49.7 Å². The molecule has 0 unspecified atom stereocenters. The summed E-state index contributed by atoms with van der Waals surface area (Å²) in [4.78, 5) is 2.38. The molecule has 2 nitrogen and oxygen atoms in total. The van der Waals surface area contributed by atoms with Gasteiger partial charge >= 0.3 is 0 Å². The van der Waals surface area contributed by atoms with Crippen molar-refractivity contribution in [3.63, 3.8) is 0 Å². The predicted octanol–water partition coefficient (Wildman–Crippen LogP) is 13.2. The van der Waals surface area contributed by atoms with Crippen LogP contribution >= 0.6 is 0 Å². The van der Waals surface area contributed by atoms with Crippen LogP contribution in [-0.2, 0) is 5.41 Å². The highest BCUT2D eigenvalue weighted by molar-refractivity contribution is 6.11. The van der Waals surface area contributed by atoms with Crippen LogP contribution in [0.2, 0.25) is 0 Å². The number of hydrogen-bond acceptors (Lipinski definition) is 1. The van der Waals surface area contributed by atoms with Crippen molar-refractivity contribution in [2.24, 2.45) is 0 Å². The molecule has 0 N–H and O–H groups in total. The Morgan fingerprint density at radius 2 is 0.980 bits per heavy atom. The number of rotatable bonds is 5. The molecule has 0 aliphatic heterocycles. The molecule has 242 valence electrons. The first-order chi connectivity index (χ1) is 24.3. The maximum atomic E-state index is 2.40. The summed E-state index contributed by atoms with van der Waals surface area (Å²) in [6.45, 7) is 11.2. The first kappa shape index (κ1) is 30.2. The van der Waals surface area contributed by atoms with Crippen LogP contribution in [0.1, 0.15) is 41.7 Å². The van der Waals surface area contributed by atoms with E-state index in [1.54, 1.807) is 0 Å². The minimum Gasteiger partial charge on any atom is -0.310 e. The SMILES string of the molecule is Cc1ccc(N(c2ccc(-c3ccc4c(c3)C(C)(C)c3ccccc3-4)cc2)c2ccc3c(c2)c2cc(C)ccc2n3-c2ccc(C)cc2)cc1. The molecule has 50 heavy (non-hydrogen) atoms. The largest absolute Gasteiger partial charge is 0.310 e. The minimum atomic E-state index is -0.0239. The smallest absolute Gasteiger partial charge is 0.0542 e. The number of benzene rings is 7. The summed E-state index contributed by atoms with van der Waals surface area (Å²) < 4.78 is 2.40. The fraction of sp³-hybridized carbons (Fsp3) is 0.125. The van der Waals surface area contributed by atoms with E-state index in [4.69, 9.17) is 0 Å². The third kappa shape index (κ3) is 4.78. The van der Waals surface area contributed by atoms with Gasteiger partial charge in [0.1, 0.15) is 0 Å². The fourth-order valence-corrected chi connectivity index (χ4v) is 8.06. The topological polar surface area (TPSA) is 8.17 Å². The van der Waals surface area contributed by atoms with Crippen LogP contribution in [0.5, 0.6) is 0 Å². The predicted molar refractivity (Wildman–Crippen MR) is 213 cm³/mol. The molecule has 1 heterocycles. The lowest BCUT2D eigenvalue weighted by Gasteiger charge is -2.26. The summed E-state index contributed by atoms with van der Waals surface area (Å²) in [6, 6.07) is 56.4. The van der Waals surface area contributed by atoms with Gasteiger partial charge in [0.15, 0.2) is 0 Å². The van der Waals surface area contributed by atoms with Crippen molar-refractivity contribution in [3.8, 4) is 27.9 Å². The third-order valence-electron chi connectivity index (χ3n) is 10.8. The molecular formula is C48H40N2. The molecule has 0 fully saturated rings. The summed E-state index contributed by atoms with van der Waals surface area (Å²) in [5.41, 5.74) is 18.7. The molecule has 7 aromatic carbocycles. The van der Waals surface area contributed by atoms with Crippen LogP contribution in [0.3, 0.4) is 0 Å². The van der Waals surface area contributed by atoms with E-state index in [2.05, 4.69) is 196 Å². The van der Waals surface area contributed by atoms with Crippen LogP contribution < -0.4 is 4.90 Å². The number of hydrogen-bond donors (Lipinski definition) is 0. The van der Waals surface area contributed by atoms with E-state index in [-0.39, 0.29) is 5.41 Å². The number of aryl methyl sites for hydroxylation is 3. The lowest BCUT2D eigenvalue weighted by atomic mass is 9.81. The average molecular weight is 645 g/mol. The number of nitrogens with zero attached hydrogens (tertiary/aromatic N) is 2. The Morgan fingerprint density at radius 1 is 0.440 bits per heavy atom. The quantitative estimate of drug-likeness (QED) is 0.181. The summed E-state index contributed by atoms with van der Waals surface area (Å²) in [5.74, 6) is 0. The highest BCUT2D eigenvalue weighted by Crippen LogP contribution is 2.49. The van der Waals surface area contributed by atoms with E-state index in [1.165, 1.54) is 77.6 Å². The van der Waals surface area contributed by atoms with Gasteiger partial charge in [-0.1, -0.05) is 109 Å². The first-order valence-electron chi connectivity index (χ1n) is 17.6. The van der Waals surface area contributed by atoms with Crippen molar-refractivity contribution in [2.45, 2.75) is 40.0 Å². The van der Waals surface area contributed by atoms with Gasteiger partial charge in [-0.15, -0.1) is 0 Å². The Balaban J connectivity index is 1.16. The van der Waals surface area contributed by atoms with Gasteiger partial charge in [-0.3, -0.25) is 0 Å². The van der Waals surface area contributed by atoms with Crippen LogP contribution in [0.15, 0.2) is 152 Å². The van der Waals surface area contributed by atoms with Gasteiger partial charge in [-0.25, -0.2) is 0 Å². The Morgan fingerprint density at radius 3 is 1.70 bits per heavy atom. The van der Waals surface area contributed by atoms with Crippen molar-refractivity contribution >= 4 is 38.9 Å². The monoisotopic (exact) mass is 644 g/mol. The third-order valence-corrected chi connectivity index (χ3v) is 10.8. The van der Waals surface area contributed by atoms with Crippen molar-refractivity contribution in [2.75, 3.05) is 4.90 Å². The molecule has 0 spiro atoms. The van der Waals surface area contributed by atoms with E-state index in [1.807, 2.05) is 0 Å². The van der Waals surface area contributed by atoms with E-state index in [0.717, 1.165) is 17.1 Å². The van der Waals surface area contributed by atoms with E-state index in [0.29, 0.717) is 0 Å². The molecule has 0 bridgehead atoms. The van der Waals surface area contributed by atoms with Crippen LogP contribution in [0.4, 0.5) is 17.1 Å². The summed E-state index contributed by atoms with van der Waals surface area (Å²) in [7, 11) is 0. The van der Waals surface area contributed by atoms with Gasteiger partial charge in [0, 0.05) is 38.9 Å². The second-order valence-corrected chi connectivity index (χ2v) is 14.5. The minimum absolute atomic E-state index is 0.0239. The van der Waals surface area contributed by atoms with Gasteiger partial charge in [0.25, 0.3) is 0 Å². The second kappa shape index (κ2) is 11.4. The lowest BCUT2D eigenvalue weighted by molar-refractivity contribution is 0.660. The lowest BCUT2D eigenvalue weighted by Crippen LogP contribution is -2.14. The number of fused-ring (bicyclic) bond motifs is 6. The normalized spacial score (nSPS) is 13.1. The number of anilines is 3. The maximum Gasteiger partial charge on any atom is 0.0542 e. The number of aromatic nitrogens is 1. The maximum absolute atomic E-state index is 2.40. The molecule has 1 aromatic heterocycles. The van der Waals surface area contributed by atoms with Gasteiger partial charge in [-0.2, -0.15) is 0 Å².